The van der Waals surface area contributed by atoms with Crippen LogP contribution in [-0.2, 0) is 19.6 Å². The maximum absolute atomic E-state index is 9.49. The van der Waals surface area contributed by atoms with Gasteiger partial charge in [-0.05, 0) is 83.1 Å². The number of aliphatic hydroxyl groups is 2. The molecule has 7 heteroatoms. The topological polar surface area (TPSA) is 104 Å². The Morgan fingerprint density at radius 1 is 0.675 bits per heavy atom. The van der Waals surface area contributed by atoms with Gasteiger partial charge in [-0.2, -0.15) is 0 Å². The Labute approximate surface area is 232 Å². The molecule has 198 valence electrons. The SMILES string of the molecule is Cc1c(Cc2nccc3cc(CO)cnc23)cccc1-c1cccc(Nc2nccc3cc(CO)cnc23)c1C. The van der Waals surface area contributed by atoms with Crippen molar-refractivity contribution in [1.29, 1.82) is 0 Å². The van der Waals surface area contributed by atoms with E-state index in [2.05, 4.69) is 63.4 Å². The Morgan fingerprint density at radius 2 is 1.30 bits per heavy atom. The highest BCUT2D eigenvalue weighted by molar-refractivity contribution is 5.91. The van der Waals surface area contributed by atoms with Crippen LogP contribution in [0.4, 0.5) is 11.5 Å². The fraction of sp³-hybridized carbons (Fsp3) is 0.152. The van der Waals surface area contributed by atoms with E-state index in [-0.39, 0.29) is 13.2 Å². The van der Waals surface area contributed by atoms with Crippen molar-refractivity contribution in [3.05, 3.63) is 119 Å². The smallest absolute Gasteiger partial charge is 0.156 e. The van der Waals surface area contributed by atoms with E-state index < -0.39 is 0 Å². The summed E-state index contributed by atoms with van der Waals surface area (Å²) in [5.74, 6) is 0.673. The Kier molecular flexibility index (Phi) is 6.90. The van der Waals surface area contributed by atoms with E-state index in [0.29, 0.717) is 12.2 Å². The molecule has 40 heavy (non-hydrogen) atoms. The fourth-order valence-corrected chi connectivity index (χ4v) is 5.20. The van der Waals surface area contributed by atoms with Crippen LogP contribution in [0, 0.1) is 13.8 Å². The van der Waals surface area contributed by atoms with Crippen molar-refractivity contribution >= 4 is 33.3 Å². The first-order valence-electron chi connectivity index (χ1n) is 13.2. The highest BCUT2D eigenvalue weighted by Gasteiger charge is 2.14. The molecule has 0 saturated heterocycles. The summed E-state index contributed by atoms with van der Waals surface area (Å²) in [5, 5.41) is 24.4. The van der Waals surface area contributed by atoms with Crippen molar-refractivity contribution < 1.29 is 10.2 Å². The quantitative estimate of drug-likeness (QED) is 0.228. The van der Waals surface area contributed by atoms with Gasteiger partial charge in [0.2, 0.25) is 0 Å². The number of fused-ring (bicyclic) bond motifs is 2. The molecule has 4 heterocycles. The monoisotopic (exact) mass is 527 g/mol. The van der Waals surface area contributed by atoms with Crippen LogP contribution in [0.25, 0.3) is 32.9 Å². The molecule has 0 aliphatic rings. The standard InChI is InChI=1S/C33H29N5O2/c1-20-24(15-30-31-25(9-11-34-30)13-22(18-39)16-36-31)5-3-6-27(20)28-7-4-8-29(21(28)2)38-33-32-26(10-12-35-33)14-23(19-40)17-37-32/h3-14,16-17,39-40H,15,18-19H2,1-2H3,(H,35,38). The molecule has 2 aromatic carbocycles. The highest BCUT2D eigenvalue weighted by atomic mass is 16.3. The average Bonchev–Trinajstić information content (AvgIpc) is 2.99. The summed E-state index contributed by atoms with van der Waals surface area (Å²) >= 11 is 0. The summed E-state index contributed by atoms with van der Waals surface area (Å²) in [4.78, 5) is 18.4. The van der Waals surface area contributed by atoms with Crippen LogP contribution < -0.4 is 5.32 Å². The second-order valence-electron chi connectivity index (χ2n) is 9.93. The zero-order chi connectivity index (χ0) is 27.6. The number of nitrogens with one attached hydrogen (secondary N) is 1. The third-order valence-electron chi connectivity index (χ3n) is 7.43. The summed E-state index contributed by atoms with van der Waals surface area (Å²) in [5.41, 5.74) is 10.8. The average molecular weight is 528 g/mol. The van der Waals surface area contributed by atoms with Gasteiger partial charge in [0.1, 0.15) is 5.52 Å². The predicted octanol–water partition coefficient (Wildman–Crippen LogP) is 6.18. The molecule has 3 N–H and O–H groups in total. The van der Waals surface area contributed by atoms with Crippen LogP contribution in [0.3, 0.4) is 0 Å². The minimum atomic E-state index is -0.0503. The Hall–Kier alpha value is -4.72. The van der Waals surface area contributed by atoms with Crippen molar-refractivity contribution in [2.24, 2.45) is 0 Å². The Bertz CT molecular complexity index is 1730. The first-order valence-corrected chi connectivity index (χ1v) is 13.2. The minimum Gasteiger partial charge on any atom is -0.392 e. The molecule has 6 aromatic rings. The second kappa shape index (κ2) is 10.8. The number of anilines is 2. The molecule has 0 fully saturated rings. The van der Waals surface area contributed by atoms with E-state index >= 15 is 0 Å². The van der Waals surface area contributed by atoms with Gasteiger partial charge in [0.15, 0.2) is 5.82 Å². The molecule has 0 radical (unpaired) electrons. The normalized spacial score (nSPS) is 11.3. The lowest BCUT2D eigenvalue weighted by Crippen LogP contribution is -2.01. The lowest BCUT2D eigenvalue weighted by Gasteiger charge is -2.17. The zero-order valence-electron chi connectivity index (χ0n) is 22.4. The molecule has 0 unspecified atom stereocenters. The van der Waals surface area contributed by atoms with E-state index in [4.69, 9.17) is 0 Å². The molecule has 6 rings (SSSR count). The Morgan fingerprint density at radius 3 is 2.02 bits per heavy atom. The number of benzene rings is 2. The summed E-state index contributed by atoms with van der Waals surface area (Å²) in [6, 6.07) is 20.4. The number of hydrogen-bond acceptors (Lipinski definition) is 7. The van der Waals surface area contributed by atoms with E-state index in [1.807, 2.05) is 36.4 Å². The lowest BCUT2D eigenvalue weighted by molar-refractivity contribution is 0.281. The van der Waals surface area contributed by atoms with Gasteiger partial charge in [-0.1, -0.05) is 30.3 Å². The predicted molar refractivity (Wildman–Crippen MR) is 158 cm³/mol. The third kappa shape index (κ3) is 4.77. The van der Waals surface area contributed by atoms with Gasteiger partial charge >= 0.3 is 0 Å². The number of pyridine rings is 4. The van der Waals surface area contributed by atoms with Crippen molar-refractivity contribution in [3.63, 3.8) is 0 Å². The maximum atomic E-state index is 9.49. The first-order chi connectivity index (χ1) is 19.6. The van der Waals surface area contributed by atoms with Gasteiger partial charge < -0.3 is 15.5 Å². The summed E-state index contributed by atoms with van der Waals surface area (Å²) in [7, 11) is 0. The van der Waals surface area contributed by atoms with Gasteiger partial charge in [-0.3, -0.25) is 15.0 Å². The van der Waals surface area contributed by atoms with Gasteiger partial charge in [0.25, 0.3) is 0 Å². The molecule has 0 saturated carbocycles. The number of rotatable bonds is 7. The van der Waals surface area contributed by atoms with Crippen LogP contribution in [-0.4, -0.2) is 30.1 Å². The molecule has 0 bridgehead atoms. The third-order valence-corrected chi connectivity index (χ3v) is 7.43. The molecule has 0 spiro atoms. The van der Waals surface area contributed by atoms with E-state index in [1.54, 1.807) is 24.8 Å². The van der Waals surface area contributed by atoms with Gasteiger partial charge in [-0.15, -0.1) is 0 Å². The number of nitrogens with zero attached hydrogens (tertiary/aromatic N) is 4. The van der Waals surface area contributed by atoms with Crippen LogP contribution in [0.1, 0.15) is 33.5 Å². The molecule has 0 atom stereocenters. The highest BCUT2D eigenvalue weighted by Crippen LogP contribution is 2.34. The minimum absolute atomic E-state index is 0.0350. The molecular formula is C33H29N5O2. The Balaban J connectivity index is 1.35. The van der Waals surface area contributed by atoms with E-state index in [9.17, 15) is 10.2 Å². The van der Waals surface area contributed by atoms with Gasteiger partial charge in [0, 0.05) is 47.7 Å². The molecule has 4 aromatic heterocycles. The number of aromatic nitrogens is 4. The van der Waals surface area contributed by atoms with E-state index in [1.165, 1.54) is 11.1 Å². The van der Waals surface area contributed by atoms with Crippen LogP contribution in [0.15, 0.2) is 85.5 Å². The lowest BCUT2D eigenvalue weighted by atomic mass is 9.91. The van der Waals surface area contributed by atoms with E-state index in [0.717, 1.165) is 61.0 Å². The van der Waals surface area contributed by atoms with Crippen LogP contribution in [0.5, 0.6) is 0 Å². The fourth-order valence-electron chi connectivity index (χ4n) is 5.20. The van der Waals surface area contributed by atoms with Crippen LogP contribution >= 0.6 is 0 Å². The number of hydrogen-bond donors (Lipinski definition) is 3. The largest absolute Gasteiger partial charge is 0.392 e. The molecular weight excluding hydrogens is 498 g/mol. The van der Waals surface area contributed by atoms with Crippen molar-refractivity contribution in [2.45, 2.75) is 33.5 Å². The van der Waals surface area contributed by atoms with Crippen molar-refractivity contribution in [1.82, 2.24) is 19.9 Å². The molecule has 0 amide bonds. The number of aliphatic hydroxyl groups excluding tert-OH is 2. The van der Waals surface area contributed by atoms with Gasteiger partial charge in [-0.25, -0.2) is 4.98 Å². The van der Waals surface area contributed by atoms with Crippen LogP contribution in [0.2, 0.25) is 0 Å². The molecule has 0 aliphatic carbocycles. The zero-order valence-corrected chi connectivity index (χ0v) is 22.4. The summed E-state index contributed by atoms with van der Waals surface area (Å²) < 4.78 is 0. The van der Waals surface area contributed by atoms with Gasteiger partial charge in [0.05, 0.1) is 24.4 Å². The van der Waals surface area contributed by atoms with Crippen molar-refractivity contribution in [2.75, 3.05) is 5.32 Å². The summed E-state index contributed by atoms with van der Waals surface area (Å²) in [6.07, 6.45) is 7.60. The second-order valence-corrected chi connectivity index (χ2v) is 9.93. The summed E-state index contributed by atoms with van der Waals surface area (Å²) in [6.45, 7) is 4.18. The van der Waals surface area contributed by atoms with Crippen molar-refractivity contribution in [3.8, 4) is 11.1 Å². The molecule has 7 nitrogen and oxygen atoms in total. The maximum Gasteiger partial charge on any atom is 0.156 e. The molecule has 0 aliphatic heterocycles. The first kappa shape index (κ1) is 25.6.